The molecule has 0 unspecified atom stereocenters. The van der Waals surface area contributed by atoms with E-state index in [-0.39, 0.29) is 6.10 Å². The van der Waals surface area contributed by atoms with Gasteiger partial charge in [-0.2, -0.15) is 8.78 Å². The van der Waals surface area contributed by atoms with E-state index in [9.17, 15) is 8.78 Å². The van der Waals surface area contributed by atoms with Gasteiger partial charge in [0.2, 0.25) is 0 Å². The molecule has 1 nitrogen and oxygen atoms in total. The summed E-state index contributed by atoms with van der Waals surface area (Å²) in [6.45, 7) is 6.95. The molecule has 0 heterocycles. The summed E-state index contributed by atoms with van der Waals surface area (Å²) in [7, 11) is 0. The van der Waals surface area contributed by atoms with Crippen LogP contribution in [0.2, 0.25) is 0 Å². The fraction of sp³-hybridized carbons (Fsp3) is 0.818. The lowest BCUT2D eigenvalue weighted by atomic mass is 10.1. The van der Waals surface area contributed by atoms with Crippen molar-refractivity contribution in [2.75, 3.05) is 6.61 Å². The van der Waals surface area contributed by atoms with Gasteiger partial charge in [-0.1, -0.05) is 19.9 Å². The minimum absolute atomic E-state index is 0.153. The van der Waals surface area contributed by atoms with Crippen LogP contribution in [0, 0.1) is 5.92 Å². The zero-order valence-electron chi connectivity index (χ0n) is 9.39. The Bertz CT molecular complexity index is 174. The molecule has 0 amide bonds. The second kappa shape index (κ2) is 6.12. The molecule has 0 fully saturated rings. The number of ether oxygens (including phenoxy) is 1. The lowest BCUT2D eigenvalue weighted by molar-refractivity contribution is -0.0596. The third kappa shape index (κ3) is 8.17. The predicted octanol–water partition coefficient (Wildman–Crippen LogP) is 3.65. The van der Waals surface area contributed by atoms with Gasteiger partial charge < -0.3 is 4.74 Å². The Morgan fingerprint density at radius 1 is 1.21 bits per heavy atom. The molecular weight excluding hydrogens is 186 g/mol. The standard InChI is InChI=1S/C11H20F2O/c1-9(2)6-5-7-11(12,13)8-14-10(3)4/h5,7,9-10H,6,8H2,1-4H3/b7-5+. The molecule has 84 valence electrons. The normalized spacial score (nSPS) is 13.4. The largest absolute Gasteiger partial charge is 0.372 e. The van der Waals surface area contributed by atoms with Gasteiger partial charge in [0.1, 0.15) is 6.61 Å². The highest BCUT2D eigenvalue weighted by Crippen LogP contribution is 2.17. The maximum atomic E-state index is 13.0. The molecule has 0 saturated carbocycles. The third-order valence-electron chi connectivity index (χ3n) is 1.58. The van der Waals surface area contributed by atoms with E-state index in [0.29, 0.717) is 12.3 Å². The topological polar surface area (TPSA) is 9.23 Å². The third-order valence-corrected chi connectivity index (χ3v) is 1.58. The highest BCUT2D eigenvalue weighted by Gasteiger charge is 2.25. The summed E-state index contributed by atoms with van der Waals surface area (Å²) in [4.78, 5) is 0. The quantitative estimate of drug-likeness (QED) is 0.603. The van der Waals surface area contributed by atoms with Crippen LogP contribution in [0.3, 0.4) is 0 Å². The zero-order valence-corrected chi connectivity index (χ0v) is 9.39. The number of hydrogen-bond donors (Lipinski definition) is 0. The summed E-state index contributed by atoms with van der Waals surface area (Å²) >= 11 is 0. The van der Waals surface area contributed by atoms with Gasteiger partial charge >= 0.3 is 0 Å². The molecule has 0 N–H and O–H groups in total. The Morgan fingerprint density at radius 3 is 2.21 bits per heavy atom. The average Bonchev–Trinajstić information content (AvgIpc) is 2.00. The molecule has 0 spiro atoms. The van der Waals surface area contributed by atoms with E-state index in [1.807, 2.05) is 13.8 Å². The van der Waals surface area contributed by atoms with E-state index >= 15 is 0 Å². The van der Waals surface area contributed by atoms with E-state index in [4.69, 9.17) is 4.74 Å². The highest BCUT2D eigenvalue weighted by atomic mass is 19.3. The first-order chi connectivity index (χ1) is 6.33. The first kappa shape index (κ1) is 13.6. The smallest absolute Gasteiger partial charge is 0.289 e. The molecule has 0 aliphatic rings. The first-order valence-electron chi connectivity index (χ1n) is 5.00. The van der Waals surface area contributed by atoms with Gasteiger partial charge in [0.05, 0.1) is 6.10 Å². The van der Waals surface area contributed by atoms with Crippen LogP contribution in [0.1, 0.15) is 34.1 Å². The molecule has 0 rings (SSSR count). The summed E-state index contributed by atoms with van der Waals surface area (Å²) in [5.41, 5.74) is 0. The molecular formula is C11H20F2O. The Balaban J connectivity index is 3.87. The lowest BCUT2D eigenvalue weighted by Gasteiger charge is -2.14. The SMILES string of the molecule is CC(C)C/C=C/C(F)(F)COC(C)C. The molecule has 0 aromatic rings. The molecule has 0 bridgehead atoms. The fourth-order valence-electron chi connectivity index (χ4n) is 0.839. The number of halogens is 2. The van der Waals surface area contributed by atoms with Crippen LogP contribution in [0.4, 0.5) is 8.78 Å². The molecule has 14 heavy (non-hydrogen) atoms. The fourth-order valence-corrected chi connectivity index (χ4v) is 0.839. The van der Waals surface area contributed by atoms with Crippen molar-refractivity contribution < 1.29 is 13.5 Å². The minimum Gasteiger partial charge on any atom is -0.372 e. The molecule has 0 aliphatic carbocycles. The molecule has 0 aliphatic heterocycles. The summed E-state index contributed by atoms with van der Waals surface area (Å²) in [5.74, 6) is -2.42. The van der Waals surface area contributed by atoms with Crippen LogP contribution in [0.25, 0.3) is 0 Å². The van der Waals surface area contributed by atoms with Crippen LogP contribution in [-0.2, 0) is 4.74 Å². The number of rotatable bonds is 6. The molecule has 0 atom stereocenters. The number of hydrogen-bond acceptors (Lipinski definition) is 1. The Kier molecular flexibility index (Phi) is 5.93. The maximum Gasteiger partial charge on any atom is 0.289 e. The van der Waals surface area contributed by atoms with E-state index in [1.165, 1.54) is 6.08 Å². The summed E-state index contributed by atoms with van der Waals surface area (Å²) in [6.07, 6.45) is 2.99. The zero-order chi connectivity index (χ0) is 11.2. The van der Waals surface area contributed by atoms with Crippen molar-refractivity contribution in [2.45, 2.75) is 46.1 Å². The van der Waals surface area contributed by atoms with Crippen LogP contribution in [0.15, 0.2) is 12.2 Å². The average molecular weight is 206 g/mol. The van der Waals surface area contributed by atoms with E-state index in [1.54, 1.807) is 13.8 Å². The van der Waals surface area contributed by atoms with Crippen molar-refractivity contribution in [3.8, 4) is 0 Å². The molecule has 0 aromatic heterocycles. The highest BCUT2D eigenvalue weighted by molar-refractivity contribution is 4.95. The van der Waals surface area contributed by atoms with Crippen LogP contribution >= 0.6 is 0 Å². The summed E-state index contributed by atoms with van der Waals surface area (Å²) in [5, 5.41) is 0. The van der Waals surface area contributed by atoms with Gasteiger partial charge in [0, 0.05) is 0 Å². The van der Waals surface area contributed by atoms with Crippen molar-refractivity contribution in [3.63, 3.8) is 0 Å². The maximum absolute atomic E-state index is 13.0. The van der Waals surface area contributed by atoms with Gasteiger partial charge in [0.25, 0.3) is 5.92 Å². The molecule has 0 radical (unpaired) electrons. The van der Waals surface area contributed by atoms with E-state index in [0.717, 1.165) is 6.08 Å². The molecule has 3 heteroatoms. The molecule has 0 saturated heterocycles. The minimum atomic E-state index is -2.83. The van der Waals surface area contributed by atoms with Crippen molar-refractivity contribution in [2.24, 2.45) is 5.92 Å². The van der Waals surface area contributed by atoms with Crippen molar-refractivity contribution in [1.82, 2.24) is 0 Å². The second-order valence-electron chi connectivity index (χ2n) is 4.15. The van der Waals surface area contributed by atoms with E-state index in [2.05, 4.69) is 0 Å². The van der Waals surface area contributed by atoms with E-state index < -0.39 is 12.5 Å². The lowest BCUT2D eigenvalue weighted by Crippen LogP contribution is -2.23. The predicted molar refractivity (Wildman–Crippen MR) is 54.6 cm³/mol. The van der Waals surface area contributed by atoms with Gasteiger partial charge in [-0.25, -0.2) is 0 Å². The summed E-state index contributed by atoms with van der Waals surface area (Å²) < 4.78 is 30.9. The van der Waals surface area contributed by atoms with Gasteiger partial charge in [0.15, 0.2) is 0 Å². The van der Waals surface area contributed by atoms with Crippen molar-refractivity contribution in [1.29, 1.82) is 0 Å². The Hall–Kier alpha value is -0.440. The number of alkyl halides is 2. The number of allylic oxidation sites excluding steroid dienone is 1. The van der Waals surface area contributed by atoms with Crippen molar-refractivity contribution in [3.05, 3.63) is 12.2 Å². The first-order valence-corrected chi connectivity index (χ1v) is 5.00. The summed E-state index contributed by atoms with van der Waals surface area (Å²) in [6, 6.07) is 0. The van der Waals surface area contributed by atoms with Crippen molar-refractivity contribution >= 4 is 0 Å². The Morgan fingerprint density at radius 2 is 1.79 bits per heavy atom. The Labute approximate surface area is 85.1 Å². The van der Waals surface area contributed by atoms with Gasteiger partial charge in [-0.3, -0.25) is 0 Å². The monoisotopic (exact) mass is 206 g/mol. The van der Waals surface area contributed by atoms with Crippen LogP contribution in [0.5, 0.6) is 0 Å². The molecule has 0 aromatic carbocycles. The van der Waals surface area contributed by atoms with Gasteiger partial charge in [-0.15, -0.1) is 0 Å². The van der Waals surface area contributed by atoms with Gasteiger partial charge in [-0.05, 0) is 32.3 Å². The second-order valence-corrected chi connectivity index (χ2v) is 4.15. The van der Waals surface area contributed by atoms with Crippen LogP contribution < -0.4 is 0 Å². The van der Waals surface area contributed by atoms with Crippen LogP contribution in [-0.4, -0.2) is 18.6 Å².